The Morgan fingerprint density at radius 2 is 1.63 bits per heavy atom. The molecule has 3 rings (SSSR count). The molecule has 1 atom stereocenters. The summed E-state index contributed by atoms with van der Waals surface area (Å²) in [6.45, 7) is 3.20. The lowest BCUT2D eigenvalue weighted by Crippen LogP contribution is -2.50. The molecule has 1 N–H and O–H groups in total. The van der Waals surface area contributed by atoms with Gasteiger partial charge in [0.05, 0.1) is 10.6 Å². The molecule has 0 heterocycles. The van der Waals surface area contributed by atoms with Crippen LogP contribution in [0.15, 0.2) is 88.2 Å². The SMILES string of the molecule is CNC(=O)[C@H](C)N(Cc1cccc(Br)c1)C(=O)CN(c1ccc(C)cc1)S(=O)(=O)c1ccccc1. The highest BCUT2D eigenvalue weighted by Gasteiger charge is 2.32. The van der Waals surface area contributed by atoms with Crippen molar-refractivity contribution in [3.8, 4) is 0 Å². The third kappa shape index (κ3) is 6.49. The maximum Gasteiger partial charge on any atom is 0.264 e. The molecule has 0 unspecified atom stereocenters. The van der Waals surface area contributed by atoms with Crippen LogP contribution in [0.3, 0.4) is 0 Å². The second-order valence-electron chi connectivity index (χ2n) is 8.10. The lowest BCUT2D eigenvalue weighted by Gasteiger charge is -2.31. The van der Waals surface area contributed by atoms with Crippen LogP contribution >= 0.6 is 15.9 Å². The fourth-order valence-electron chi connectivity index (χ4n) is 3.58. The predicted molar refractivity (Wildman–Crippen MR) is 140 cm³/mol. The summed E-state index contributed by atoms with van der Waals surface area (Å²) in [7, 11) is -2.55. The topological polar surface area (TPSA) is 86.8 Å². The fourth-order valence-corrected chi connectivity index (χ4v) is 5.46. The standard InChI is InChI=1S/C26H28BrN3O4S/c1-19-12-14-23(15-13-19)30(35(33,34)24-10-5-4-6-11-24)18-25(31)29(20(2)26(32)28-3)17-21-8-7-9-22(27)16-21/h4-16,20H,17-18H2,1-3H3,(H,28,32)/t20-/m0/s1. The minimum atomic E-state index is -4.05. The summed E-state index contributed by atoms with van der Waals surface area (Å²) in [5.41, 5.74) is 2.13. The van der Waals surface area contributed by atoms with E-state index in [1.54, 1.807) is 49.4 Å². The van der Waals surface area contributed by atoms with Crippen molar-refractivity contribution >= 4 is 43.5 Å². The summed E-state index contributed by atoms with van der Waals surface area (Å²) >= 11 is 3.43. The molecule has 7 nitrogen and oxygen atoms in total. The van der Waals surface area contributed by atoms with E-state index >= 15 is 0 Å². The highest BCUT2D eigenvalue weighted by Crippen LogP contribution is 2.25. The van der Waals surface area contributed by atoms with Gasteiger partial charge in [-0.25, -0.2) is 8.42 Å². The number of carbonyl (C=O) groups is 2. The number of amides is 2. The van der Waals surface area contributed by atoms with Crippen molar-refractivity contribution in [1.82, 2.24) is 10.2 Å². The summed E-state index contributed by atoms with van der Waals surface area (Å²) in [5.74, 6) is -0.845. The Kier molecular flexibility index (Phi) is 8.69. The Morgan fingerprint density at radius 3 is 2.23 bits per heavy atom. The molecule has 0 aliphatic rings. The molecule has 0 aliphatic carbocycles. The van der Waals surface area contributed by atoms with Crippen molar-refractivity contribution in [2.24, 2.45) is 0 Å². The Balaban J connectivity index is 2.01. The van der Waals surface area contributed by atoms with Crippen LogP contribution in [0.1, 0.15) is 18.1 Å². The number of aryl methyl sites for hydroxylation is 1. The number of benzene rings is 3. The lowest BCUT2D eigenvalue weighted by atomic mass is 10.1. The van der Waals surface area contributed by atoms with Gasteiger partial charge in [-0.1, -0.05) is 64.0 Å². The lowest BCUT2D eigenvalue weighted by molar-refractivity contribution is -0.139. The van der Waals surface area contributed by atoms with Gasteiger partial charge in [-0.05, 0) is 55.8 Å². The predicted octanol–water partition coefficient (Wildman–Crippen LogP) is 4.12. The molecule has 0 saturated heterocycles. The molecule has 3 aromatic rings. The molecule has 35 heavy (non-hydrogen) atoms. The van der Waals surface area contributed by atoms with Gasteiger partial charge in [0.1, 0.15) is 12.6 Å². The van der Waals surface area contributed by atoms with Crippen LogP contribution in [-0.2, 0) is 26.2 Å². The van der Waals surface area contributed by atoms with E-state index in [2.05, 4.69) is 21.2 Å². The van der Waals surface area contributed by atoms with E-state index in [0.717, 1.165) is 19.9 Å². The first-order chi connectivity index (χ1) is 16.6. The summed E-state index contributed by atoms with van der Waals surface area (Å²) in [6.07, 6.45) is 0. The first-order valence-corrected chi connectivity index (χ1v) is 13.3. The second-order valence-corrected chi connectivity index (χ2v) is 10.9. The second kappa shape index (κ2) is 11.5. The maximum atomic E-state index is 13.7. The van der Waals surface area contributed by atoms with Crippen LogP contribution in [0.5, 0.6) is 0 Å². The van der Waals surface area contributed by atoms with Gasteiger partial charge in [-0.2, -0.15) is 0 Å². The number of hydrogen-bond acceptors (Lipinski definition) is 4. The number of nitrogens with one attached hydrogen (secondary N) is 1. The van der Waals surface area contributed by atoms with Gasteiger partial charge in [-0.3, -0.25) is 13.9 Å². The minimum absolute atomic E-state index is 0.0752. The van der Waals surface area contributed by atoms with E-state index in [4.69, 9.17) is 0 Å². The van der Waals surface area contributed by atoms with Crippen molar-refractivity contribution in [2.75, 3.05) is 17.9 Å². The van der Waals surface area contributed by atoms with Gasteiger partial charge in [0.2, 0.25) is 11.8 Å². The molecular weight excluding hydrogens is 530 g/mol. The molecular formula is C26H28BrN3O4S. The van der Waals surface area contributed by atoms with E-state index in [-0.39, 0.29) is 17.3 Å². The van der Waals surface area contributed by atoms with Crippen molar-refractivity contribution in [3.05, 3.63) is 94.5 Å². The van der Waals surface area contributed by atoms with E-state index in [9.17, 15) is 18.0 Å². The van der Waals surface area contributed by atoms with Gasteiger partial charge in [0.15, 0.2) is 0 Å². The smallest absolute Gasteiger partial charge is 0.264 e. The van der Waals surface area contributed by atoms with E-state index < -0.39 is 28.5 Å². The molecule has 3 aromatic carbocycles. The molecule has 0 radical (unpaired) electrons. The highest BCUT2D eigenvalue weighted by molar-refractivity contribution is 9.10. The average Bonchev–Trinajstić information content (AvgIpc) is 2.86. The van der Waals surface area contributed by atoms with Crippen LogP contribution in [0.2, 0.25) is 0 Å². The Hall–Kier alpha value is -3.17. The molecule has 0 fully saturated rings. The zero-order chi connectivity index (χ0) is 25.6. The number of likely N-dealkylation sites (N-methyl/N-ethyl adjacent to an activating group) is 1. The van der Waals surface area contributed by atoms with E-state index in [0.29, 0.717) is 5.69 Å². The van der Waals surface area contributed by atoms with Gasteiger partial charge >= 0.3 is 0 Å². The molecule has 0 spiro atoms. The van der Waals surface area contributed by atoms with E-state index in [1.807, 2.05) is 31.2 Å². The van der Waals surface area contributed by atoms with Crippen LogP contribution < -0.4 is 9.62 Å². The van der Waals surface area contributed by atoms with Crippen LogP contribution in [-0.4, -0.2) is 44.8 Å². The first-order valence-electron chi connectivity index (χ1n) is 11.0. The number of hydrogen-bond donors (Lipinski definition) is 1. The first kappa shape index (κ1) is 26.4. The number of carbonyl (C=O) groups excluding carboxylic acids is 2. The quantitative estimate of drug-likeness (QED) is 0.428. The summed E-state index contributed by atoms with van der Waals surface area (Å²) in [6, 6.07) is 21.5. The fraction of sp³-hybridized carbons (Fsp3) is 0.231. The Morgan fingerprint density at radius 1 is 0.971 bits per heavy atom. The highest BCUT2D eigenvalue weighted by atomic mass is 79.9. The number of anilines is 1. The van der Waals surface area contributed by atoms with Crippen LogP contribution in [0.4, 0.5) is 5.69 Å². The molecule has 0 bridgehead atoms. The molecule has 9 heteroatoms. The number of sulfonamides is 1. The number of rotatable bonds is 9. The normalized spacial score (nSPS) is 12.0. The van der Waals surface area contributed by atoms with Crippen molar-refractivity contribution in [1.29, 1.82) is 0 Å². The number of halogens is 1. The van der Waals surface area contributed by atoms with Gasteiger partial charge in [0.25, 0.3) is 10.0 Å². The summed E-state index contributed by atoms with van der Waals surface area (Å²) < 4.78 is 29.1. The molecule has 0 aliphatic heterocycles. The van der Waals surface area contributed by atoms with E-state index in [1.165, 1.54) is 24.1 Å². The van der Waals surface area contributed by atoms with Gasteiger partial charge < -0.3 is 10.2 Å². The molecule has 0 saturated carbocycles. The van der Waals surface area contributed by atoms with Crippen molar-refractivity contribution in [2.45, 2.75) is 31.3 Å². The van der Waals surface area contributed by atoms with Crippen molar-refractivity contribution < 1.29 is 18.0 Å². The molecule has 184 valence electrons. The molecule has 2 amide bonds. The zero-order valence-corrected chi connectivity index (χ0v) is 22.2. The van der Waals surface area contributed by atoms with Gasteiger partial charge in [-0.15, -0.1) is 0 Å². The average molecular weight is 558 g/mol. The summed E-state index contributed by atoms with van der Waals surface area (Å²) in [5, 5.41) is 2.57. The minimum Gasteiger partial charge on any atom is -0.357 e. The maximum absolute atomic E-state index is 13.7. The van der Waals surface area contributed by atoms with Crippen LogP contribution in [0.25, 0.3) is 0 Å². The number of nitrogens with zero attached hydrogens (tertiary/aromatic N) is 2. The third-order valence-electron chi connectivity index (χ3n) is 5.59. The zero-order valence-electron chi connectivity index (χ0n) is 19.8. The van der Waals surface area contributed by atoms with Crippen LogP contribution in [0, 0.1) is 6.92 Å². The molecule has 0 aromatic heterocycles. The monoisotopic (exact) mass is 557 g/mol. The van der Waals surface area contributed by atoms with Crippen molar-refractivity contribution in [3.63, 3.8) is 0 Å². The summed E-state index contributed by atoms with van der Waals surface area (Å²) in [4.78, 5) is 27.6. The largest absolute Gasteiger partial charge is 0.357 e. The Bertz CT molecular complexity index is 1280. The third-order valence-corrected chi connectivity index (χ3v) is 7.87. The van der Waals surface area contributed by atoms with Gasteiger partial charge in [0, 0.05) is 18.1 Å². The Labute approximate surface area is 214 Å².